The monoisotopic (exact) mass is 584 g/mol. The third-order valence-electron chi connectivity index (χ3n) is 8.74. The number of thioether (sulfide) groups is 1. The molecule has 7 nitrogen and oxygen atoms in total. The van der Waals surface area contributed by atoms with Crippen LogP contribution in [0.2, 0.25) is 18.1 Å². The number of fused-ring (bicyclic) bond motifs is 1. The summed E-state index contributed by atoms with van der Waals surface area (Å²) in [6.07, 6.45) is 6.09. The Balaban J connectivity index is 1.35. The molecule has 5 rings (SSSR count). The van der Waals surface area contributed by atoms with Crippen LogP contribution < -0.4 is 0 Å². The summed E-state index contributed by atoms with van der Waals surface area (Å²) in [7, 11) is -5.05. The van der Waals surface area contributed by atoms with E-state index in [1.54, 1.807) is 12.1 Å². The first-order valence-corrected chi connectivity index (χ1v) is 19.4. The maximum Gasteiger partial charge on any atom is 0.192 e. The molecule has 1 fully saturated rings. The van der Waals surface area contributed by atoms with Crippen molar-refractivity contribution >= 4 is 29.9 Å². The SMILES string of the molecule is CC(C)(C)[Si](C)(C)OC[C@@]1(C)Cc2nnc(C3(c4ccc(-c5ccc(S(C)(=O)=O)cc5)nc4)CC3)n2CCS1. The van der Waals surface area contributed by atoms with Crippen LogP contribution in [0.4, 0.5) is 0 Å². The zero-order valence-electron chi connectivity index (χ0n) is 24.1. The van der Waals surface area contributed by atoms with Gasteiger partial charge in [-0.2, -0.15) is 11.8 Å². The minimum atomic E-state index is -3.22. The van der Waals surface area contributed by atoms with E-state index in [2.05, 4.69) is 51.4 Å². The lowest BCUT2D eigenvalue weighted by atomic mass is 9.95. The summed E-state index contributed by atoms with van der Waals surface area (Å²) >= 11 is 2.00. The molecule has 10 heteroatoms. The van der Waals surface area contributed by atoms with Crippen LogP contribution in [0.25, 0.3) is 11.3 Å². The van der Waals surface area contributed by atoms with Gasteiger partial charge in [-0.3, -0.25) is 4.98 Å². The van der Waals surface area contributed by atoms with Gasteiger partial charge in [-0.15, -0.1) is 10.2 Å². The molecule has 1 aliphatic heterocycles. The van der Waals surface area contributed by atoms with Crippen LogP contribution in [-0.4, -0.2) is 59.8 Å². The molecular weight excluding hydrogens is 545 g/mol. The number of benzene rings is 1. The molecule has 1 aromatic carbocycles. The highest BCUT2D eigenvalue weighted by molar-refractivity contribution is 8.00. The number of hydrogen-bond acceptors (Lipinski definition) is 7. The van der Waals surface area contributed by atoms with E-state index in [-0.39, 0.29) is 15.2 Å². The van der Waals surface area contributed by atoms with Crippen molar-refractivity contribution in [2.24, 2.45) is 0 Å². The fourth-order valence-corrected chi connectivity index (χ4v) is 7.94. The highest BCUT2D eigenvalue weighted by Gasteiger charge is 2.51. The fraction of sp³-hybridized carbons (Fsp3) is 0.552. The van der Waals surface area contributed by atoms with E-state index < -0.39 is 18.2 Å². The van der Waals surface area contributed by atoms with Crippen molar-refractivity contribution in [3.63, 3.8) is 0 Å². The molecular formula is C29H40N4O3S2Si. The standard InChI is InChI=1S/C29H40N4O3S2Si/c1-27(2,3)39(6,7)36-20-28(4)18-25-31-32-26(33(25)16-17-37-28)29(14-15-29)22-10-13-24(30-19-22)21-8-11-23(12-9-21)38(5,34)35/h8-13,19H,14-18,20H2,1-7H3/t28-/m1/s1. The lowest BCUT2D eigenvalue weighted by Gasteiger charge is -2.39. The fourth-order valence-electron chi connectivity index (χ4n) is 4.95. The molecule has 0 amide bonds. The van der Waals surface area contributed by atoms with Crippen molar-refractivity contribution in [3.05, 3.63) is 59.8 Å². The van der Waals surface area contributed by atoms with Crippen molar-refractivity contribution in [3.8, 4) is 11.3 Å². The van der Waals surface area contributed by atoms with Crippen molar-refractivity contribution in [2.75, 3.05) is 18.6 Å². The van der Waals surface area contributed by atoms with E-state index in [1.807, 2.05) is 36.2 Å². The van der Waals surface area contributed by atoms with Crippen LogP contribution in [0.3, 0.4) is 0 Å². The molecule has 2 aliphatic rings. The Bertz CT molecular complexity index is 1460. The van der Waals surface area contributed by atoms with Crippen molar-refractivity contribution < 1.29 is 12.8 Å². The second kappa shape index (κ2) is 9.82. The quantitative estimate of drug-likeness (QED) is 0.320. The van der Waals surface area contributed by atoms with Gasteiger partial charge in [-0.05, 0) is 61.7 Å². The Morgan fingerprint density at radius 3 is 2.33 bits per heavy atom. The minimum absolute atomic E-state index is 0.0271. The summed E-state index contributed by atoms with van der Waals surface area (Å²) in [5.74, 6) is 3.12. The highest BCUT2D eigenvalue weighted by atomic mass is 32.2. The van der Waals surface area contributed by atoms with Crippen LogP contribution in [-0.2, 0) is 32.6 Å². The van der Waals surface area contributed by atoms with E-state index in [0.29, 0.717) is 4.90 Å². The summed E-state index contributed by atoms with van der Waals surface area (Å²) in [4.78, 5) is 5.07. The average molecular weight is 585 g/mol. The maximum atomic E-state index is 11.8. The molecule has 0 saturated heterocycles. The first-order chi connectivity index (χ1) is 18.1. The second-order valence-electron chi connectivity index (χ2n) is 12.9. The first kappa shape index (κ1) is 28.5. The Morgan fingerprint density at radius 2 is 1.77 bits per heavy atom. The van der Waals surface area contributed by atoms with Gasteiger partial charge in [0.1, 0.15) is 11.6 Å². The van der Waals surface area contributed by atoms with Gasteiger partial charge in [0.15, 0.2) is 18.2 Å². The van der Waals surface area contributed by atoms with Crippen molar-refractivity contribution in [2.45, 2.75) is 86.7 Å². The first-order valence-electron chi connectivity index (χ1n) is 13.6. The van der Waals surface area contributed by atoms with Gasteiger partial charge in [-0.1, -0.05) is 39.0 Å². The normalized spacial score (nSPS) is 21.3. The number of aromatic nitrogens is 4. The van der Waals surface area contributed by atoms with Gasteiger partial charge in [0.05, 0.1) is 16.0 Å². The topological polar surface area (TPSA) is 87.0 Å². The van der Waals surface area contributed by atoms with Crippen molar-refractivity contribution in [1.82, 2.24) is 19.7 Å². The zero-order chi connectivity index (χ0) is 28.3. The predicted octanol–water partition coefficient (Wildman–Crippen LogP) is 5.89. The van der Waals surface area contributed by atoms with Gasteiger partial charge >= 0.3 is 0 Å². The van der Waals surface area contributed by atoms with E-state index in [0.717, 1.165) is 66.6 Å². The summed E-state index contributed by atoms with van der Waals surface area (Å²) in [6.45, 7) is 15.4. The molecule has 0 radical (unpaired) electrons. The average Bonchev–Trinajstić information content (AvgIpc) is 3.61. The van der Waals surface area contributed by atoms with E-state index in [4.69, 9.17) is 19.6 Å². The molecule has 1 atom stereocenters. The second-order valence-corrected chi connectivity index (χ2v) is 21.4. The molecule has 3 aromatic rings. The molecule has 0 unspecified atom stereocenters. The largest absolute Gasteiger partial charge is 0.415 e. The van der Waals surface area contributed by atoms with Gasteiger partial charge in [0.2, 0.25) is 0 Å². The van der Waals surface area contributed by atoms with Gasteiger partial charge < -0.3 is 8.99 Å². The third kappa shape index (κ3) is 5.62. The molecule has 2 aromatic heterocycles. The molecule has 0 spiro atoms. The molecule has 210 valence electrons. The van der Waals surface area contributed by atoms with Gasteiger partial charge in [0, 0.05) is 48.1 Å². The van der Waals surface area contributed by atoms with Crippen LogP contribution in [0.5, 0.6) is 0 Å². The smallest absolute Gasteiger partial charge is 0.192 e. The number of pyridine rings is 1. The van der Waals surface area contributed by atoms with Crippen LogP contribution in [0.15, 0.2) is 47.5 Å². The van der Waals surface area contributed by atoms with Gasteiger partial charge in [0.25, 0.3) is 0 Å². The molecule has 0 N–H and O–H groups in total. The Hall–Kier alpha value is -2.01. The summed E-state index contributed by atoms with van der Waals surface area (Å²) in [6, 6.07) is 11.1. The lowest BCUT2D eigenvalue weighted by Crippen LogP contribution is -2.45. The lowest BCUT2D eigenvalue weighted by molar-refractivity contribution is 0.252. The van der Waals surface area contributed by atoms with E-state index >= 15 is 0 Å². The summed E-state index contributed by atoms with van der Waals surface area (Å²) in [5.41, 5.74) is 2.74. The number of hydrogen-bond donors (Lipinski definition) is 0. The van der Waals surface area contributed by atoms with E-state index in [1.165, 1.54) is 6.26 Å². The predicted molar refractivity (Wildman–Crippen MR) is 161 cm³/mol. The van der Waals surface area contributed by atoms with Crippen LogP contribution >= 0.6 is 11.8 Å². The van der Waals surface area contributed by atoms with Gasteiger partial charge in [-0.25, -0.2) is 8.42 Å². The number of rotatable bonds is 7. The van der Waals surface area contributed by atoms with E-state index in [9.17, 15) is 8.42 Å². The molecule has 0 bridgehead atoms. The summed E-state index contributed by atoms with van der Waals surface area (Å²) < 4.78 is 32.6. The third-order valence-corrected chi connectivity index (χ3v) is 15.7. The zero-order valence-corrected chi connectivity index (χ0v) is 26.7. The van der Waals surface area contributed by atoms with Crippen LogP contribution in [0, 0.1) is 0 Å². The Labute approximate surface area is 238 Å². The molecule has 1 aliphatic carbocycles. The summed E-state index contributed by atoms with van der Waals surface area (Å²) in [5, 5.41) is 9.67. The Morgan fingerprint density at radius 1 is 1.08 bits per heavy atom. The molecule has 39 heavy (non-hydrogen) atoms. The molecule has 3 heterocycles. The van der Waals surface area contributed by atoms with Crippen molar-refractivity contribution in [1.29, 1.82) is 0 Å². The number of nitrogens with zero attached hydrogens (tertiary/aromatic N) is 4. The molecule has 1 saturated carbocycles. The Kier molecular flexibility index (Phi) is 7.18. The minimum Gasteiger partial charge on any atom is -0.415 e. The van der Waals surface area contributed by atoms with Crippen LogP contribution in [0.1, 0.15) is 57.7 Å². The highest BCUT2D eigenvalue weighted by Crippen LogP contribution is 2.53. The maximum absolute atomic E-state index is 11.8. The number of sulfone groups is 1.